The summed E-state index contributed by atoms with van der Waals surface area (Å²) in [5.41, 5.74) is 2.61. The van der Waals surface area contributed by atoms with E-state index in [9.17, 15) is 9.18 Å². The average Bonchev–Trinajstić information content (AvgIpc) is 2.72. The number of halogens is 1. The molecule has 1 aliphatic heterocycles. The van der Waals surface area contributed by atoms with Crippen LogP contribution in [0, 0.1) is 12.7 Å². The lowest BCUT2D eigenvalue weighted by atomic mass is 9.85. The number of benzene rings is 2. The quantitative estimate of drug-likeness (QED) is 0.778. The van der Waals surface area contributed by atoms with E-state index >= 15 is 0 Å². The summed E-state index contributed by atoms with van der Waals surface area (Å²) in [5.74, 6) is 0.276. The van der Waals surface area contributed by atoms with Crippen LogP contribution in [0.4, 0.5) is 4.39 Å². The molecule has 2 nitrogen and oxygen atoms in total. The zero-order valence-electron chi connectivity index (χ0n) is 12.4. The van der Waals surface area contributed by atoms with Crippen molar-refractivity contribution in [1.29, 1.82) is 0 Å². The van der Waals surface area contributed by atoms with Gasteiger partial charge in [0.2, 0.25) is 0 Å². The first kappa shape index (κ1) is 13.8. The average molecular weight is 284 g/mol. The number of ether oxygens (including phenoxy) is 1. The molecule has 0 N–H and O–H groups in total. The molecule has 0 aliphatic carbocycles. The van der Waals surface area contributed by atoms with E-state index in [0.717, 1.165) is 16.9 Å². The van der Waals surface area contributed by atoms with E-state index in [-0.39, 0.29) is 17.0 Å². The molecule has 0 saturated heterocycles. The lowest BCUT2D eigenvalue weighted by Gasteiger charge is -2.15. The Kier molecular flexibility index (Phi) is 3.08. The molecule has 1 heterocycles. The Morgan fingerprint density at radius 3 is 2.62 bits per heavy atom. The lowest BCUT2D eigenvalue weighted by molar-refractivity contribution is 0.103. The molecular weight excluding hydrogens is 267 g/mol. The molecule has 3 heteroatoms. The van der Waals surface area contributed by atoms with Crippen molar-refractivity contribution in [2.45, 2.75) is 26.2 Å². The van der Waals surface area contributed by atoms with Crippen molar-refractivity contribution in [3.05, 3.63) is 64.5 Å². The van der Waals surface area contributed by atoms with E-state index in [0.29, 0.717) is 17.7 Å². The van der Waals surface area contributed by atoms with E-state index in [1.807, 2.05) is 12.1 Å². The maximum Gasteiger partial charge on any atom is 0.193 e. The summed E-state index contributed by atoms with van der Waals surface area (Å²) in [5, 5.41) is 0. The Bertz CT molecular complexity index is 712. The van der Waals surface area contributed by atoms with Crippen molar-refractivity contribution >= 4 is 5.78 Å². The second-order valence-corrected chi connectivity index (χ2v) is 6.23. The molecule has 3 rings (SSSR count). The van der Waals surface area contributed by atoms with Crippen LogP contribution in [0.3, 0.4) is 0 Å². The largest absolute Gasteiger partial charge is 0.492 e. The first-order chi connectivity index (χ1) is 9.87. The summed E-state index contributed by atoms with van der Waals surface area (Å²) in [6.45, 7) is 6.55. The SMILES string of the molecule is Cc1cc(F)cc(C(=O)c2ccc3c(c2)C(C)(C)CO3)c1. The summed E-state index contributed by atoms with van der Waals surface area (Å²) in [4.78, 5) is 12.6. The van der Waals surface area contributed by atoms with Crippen molar-refractivity contribution in [3.8, 4) is 5.75 Å². The van der Waals surface area contributed by atoms with Crippen LogP contribution in [0.25, 0.3) is 0 Å². The first-order valence-corrected chi connectivity index (χ1v) is 6.96. The van der Waals surface area contributed by atoms with Crippen LogP contribution in [0.1, 0.15) is 40.9 Å². The molecule has 0 unspecified atom stereocenters. The Morgan fingerprint density at radius 1 is 1.14 bits per heavy atom. The topological polar surface area (TPSA) is 26.3 Å². The minimum atomic E-state index is -0.386. The van der Waals surface area contributed by atoms with Gasteiger partial charge in [-0.25, -0.2) is 4.39 Å². The minimum Gasteiger partial charge on any atom is -0.492 e. The number of carbonyl (C=O) groups is 1. The number of aryl methyl sites for hydroxylation is 1. The molecule has 0 radical (unpaired) electrons. The van der Waals surface area contributed by atoms with Crippen LogP contribution >= 0.6 is 0 Å². The Morgan fingerprint density at radius 2 is 1.90 bits per heavy atom. The predicted octanol–water partition coefficient (Wildman–Crippen LogP) is 4.04. The fourth-order valence-electron chi connectivity index (χ4n) is 2.70. The normalized spacial score (nSPS) is 15.4. The number of fused-ring (bicyclic) bond motifs is 1. The molecule has 0 aromatic heterocycles. The number of hydrogen-bond acceptors (Lipinski definition) is 2. The van der Waals surface area contributed by atoms with E-state index in [1.54, 1.807) is 19.1 Å². The highest BCUT2D eigenvalue weighted by molar-refractivity contribution is 6.09. The van der Waals surface area contributed by atoms with Crippen molar-refractivity contribution in [1.82, 2.24) is 0 Å². The van der Waals surface area contributed by atoms with E-state index in [1.165, 1.54) is 12.1 Å². The lowest BCUT2D eigenvalue weighted by Crippen LogP contribution is -2.18. The molecule has 21 heavy (non-hydrogen) atoms. The zero-order valence-corrected chi connectivity index (χ0v) is 12.4. The second kappa shape index (κ2) is 4.69. The van der Waals surface area contributed by atoms with E-state index in [4.69, 9.17) is 4.74 Å². The van der Waals surface area contributed by atoms with E-state index in [2.05, 4.69) is 13.8 Å². The maximum atomic E-state index is 13.5. The highest BCUT2D eigenvalue weighted by atomic mass is 19.1. The van der Waals surface area contributed by atoms with Gasteiger partial charge in [0, 0.05) is 22.1 Å². The van der Waals surface area contributed by atoms with Crippen LogP contribution in [-0.2, 0) is 5.41 Å². The molecule has 0 saturated carbocycles. The van der Waals surface area contributed by atoms with Crippen molar-refractivity contribution < 1.29 is 13.9 Å². The van der Waals surface area contributed by atoms with Gasteiger partial charge in [-0.1, -0.05) is 13.8 Å². The Balaban J connectivity index is 2.03. The highest BCUT2D eigenvalue weighted by Gasteiger charge is 2.32. The van der Waals surface area contributed by atoms with Crippen molar-refractivity contribution in [2.75, 3.05) is 6.61 Å². The summed E-state index contributed by atoms with van der Waals surface area (Å²) in [7, 11) is 0. The molecule has 0 spiro atoms. The highest BCUT2D eigenvalue weighted by Crippen LogP contribution is 2.39. The molecule has 108 valence electrons. The summed E-state index contributed by atoms with van der Waals surface area (Å²) < 4.78 is 19.1. The minimum absolute atomic E-state index is 0.108. The zero-order chi connectivity index (χ0) is 15.2. The second-order valence-electron chi connectivity index (χ2n) is 6.23. The van der Waals surface area contributed by atoms with Gasteiger partial charge in [-0.15, -0.1) is 0 Å². The van der Waals surface area contributed by atoms with E-state index < -0.39 is 0 Å². The van der Waals surface area contributed by atoms with Gasteiger partial charge in [-0.3, -0.25) is 4.79 Å². The van der Waals surface area contributed by atoms with Gasteiger partial charge in [0.25, 0.3) is 0 Å². The third-order valence-corrected chi connectivity index (χ3v) is 3.86. The molecule has 2 aromatic carbocycles. The summed E-state index contributed by atoms with van der Waals surface area (Å²) >= 11 is 0. The van der Waals surface area contributed by atoms with Crippen LogP contribution in [0.15, 0.2) is 36.4 Å². The van der Waals surface area contributed by atoms with Gasteiger partial charge < -0.3 is 4.74 Å². The number of rotatable bonds is 2. The van der Waals surface area contributed by atoms with Gasteiger partial charge in [0.05, 0.1) is 6.61 Å². The van der Waals surface area contributed by atoms with Gasteiger partial charge in [0.15, 0.2) is 5.78 Å². The summed E-state index contributed by atoms with van der Waals surface area (Å²) in [6, 6.07) is 9.83. The molecule has 0 amide bonds. The third kappa shape index (κ3) is 2.44. The smallest absolute Gasteiger partial charge is 0.193 e. The molecule has 2 aromatic rings. The third-order valence-electron chi connectivity index (χ3n) is 3.86. The van der Waals surface area contributed by atoms with Crippen LogP contribution in [-0.4, -0.2) is 12.4 Å². The first-order valence-electron chi connectivity index (χ1n) is 6.96. The predicted molar refractivity (Wildman–Crippen MR) is 79.5 cm³/mol. The molecule has 0 fully saturated rings. The van der Waals surface area contributed by atoms with Crippen LogP contribution < -0.4 is 4.74 Å². The maximum absolute atomic E-state index is 13.5. The standard InChI is InChI=1S/C18H17FO2/c1-11-6-13(8-14(19)7-11)17(20)12-4-5-16-15(9-12)18(2,3)10-21-16/h4-9H,10H2,1-3H3. The van der Waals surface area contributed by atoms with Crippen molar-refractivity contribution in [3.63, 3.8) is 0 Å². The van der Waals surface area contributed by atoms with Crippen LogP contribution in [0.2, 0.25) is 0 Å². The monoisotopic (exact) mass is 284 g/mol. The Labute approximate surface area is 123 Å². The molecule has 1 aliphatic rings. The molecule has 0 bridgehead atoms. The molecule has 0 atom stereocenters. The van der Waals surface area contributed by atoms with Crippen LogP contribution in [0.5, 0.6) is 5.75 Å². The fraction of sp³-hybridized carbons (Fsp3) is 0.278. The van der Waals surface area contributed by atoms with Crippen molar-refractivity contribution in [2.24, 2.45) is 0 Å². The number of ketones is 1. The molecular formula is C18H17FO2. The van der Waals surface area contributed by atoms with Gasteiger partial charge in [-0.2, -0.15) is 0 Å². The fourth-order valence-corrected chi connectivity index (χ4v) is 2.70. The summed E-state index contributed by atoms with van der Waals surface area (Å²) in [6.07, 6.45) is 0. The Hall–Kier alpha value is -2.16. The van der Waals surface area contributed by atoms with Gasteiger partial charge in [0.1, 0.15) is 11.6 Å². The number of hydrogen-bond donors (Lipinski definition) is 0. The number of carbonyl (C=O) groups excluding carboxylic acids is 1. The van der Waals surface area contributed by atoms with Gasteiger partial charge >= 0.3 is 0 Å². The van der Waals surface area contributed by atoms with Gasteiger partial charge in [-0.05, 0) is 48.9 Å².